The first-order chi connectivity index (χ1) is 10.8. The van der Waals surface area contributed by atoms with Crippen molar-refractivity contribution in [2.45, 2.75) is 31.4 Å². The fourth-order valence-electron chi connectivity index (χ4n) is 1.93. The Labute approximate surface area is 142 Å². The van der Waals surface area contributed by atoms with Crippen molar-refractivity contribution in [3.05, 3.63) is 23.8 Å². The Morgan fingerprint density at radius 2 is 2.00 bits per heavy atom. The summed E-state index contributed by atoms with van der Waals surface area (Å²) in [6.45, 7) is 4.23. The summed E-state index contributed by atoms with van der Waals surface area (Å²) in [4.78, 5) is 0. The molecule has 1 atom stereocenters. The molecule has 1 aromatic rings. The molecule has 1 rings (SSSR count). The average Bonchev–Trinajstić information content (AvgIpc) is 2.54. The maximum atomic E-state index is 5.78. The Kier molecular flexibility index (Phi) is 10.6. The molecule has 0 spiro atoms. The van der Waals surface area contributed by atoms with Crippen molar-refractivity contribution < 1.29 is 9.47 Å². The number of nitrogens with two attached hydrogens (primary N) is 2. The predicted octanol–water partition coefficient (Wildman–Crippen LogP) is 3.60. The van der Waals surface area contributed by atoms with Crippen molar-refractivity contribution in [2.75, 3.05) is 32.6 Å². The number of benzene rings is 1. The van der Waals surface area contributed by atoms with Crippen molar-refractivity contribution in [2.24, 2.45) is 11.5 Å². The molecular formula is C16H28N2O2S2. The summed E-state index contributed by atoms with van der Waals surface area (Å²) in [7, 11) is 5.31. The van der Waals surface area contributed by atoms with E-state index in [1.165, 1.54) is 5.56 Å². The Bertz CT molecular complexity index is 419. The quantitative estimate of drug-likeness (QED) is 0.446. The van der Waals surface area contributed by atoms with Gasteiger partial charge in [-0.3, -0.25) is 0 Å². The first-order valence-electron chi connectivity index (χ1n) is 7.75. The third kappa shape index (κ3) is 6.69. The zero-order chi connectivity index (χ0) is 16.2. The van der Waals surface area contributed by atoms with Crippen molar-refractivity contribution >= 4 is 21.6 Å². The number of hydrogen-bond donors (Lipinski definition) is 2. The molecule has 0 aliphatic rings. The van der Waals surface area contributed by atoms with E-state index in [-0.39, 0.29) is 0 Å². The third-order valence-corrected chi connectivity index (χ3v) is 6.01. The lowest BCUT2D eigenvalue weighted by molar-refractivity contribution is 0.288. The summed E-state index contributed by atoms with van der Waals surface area (Å²) >= 11 is 0. The summed E-state index contributed by atoms with van der Waals surface area (Å²) in [6.07, 6.45) is 3.10. The standard InChI is InChI=1S/C16H28N2O2S2/c1-3-4-10-20-14-6-5-13(12-15(14)19-2)16(7-8-17)22-21-11-9-18/h5-6,12,16H,3-4,7-11,17-18H2,1-2H3. The summed E-state index contributed by atoms with van der Waals surface area (Å²) in [6, 6.07) is 6.18. The smallest absolute Gasteiger partial charge is 0.161 e. The fourth-order valence-corrected chi connectivity index (χ4v) is 4.47. The Hall–Kier alpha value is -0.560. The molecule has 4 nitrogen and oxygen atoms in total. The lowest BCUT2D eigenvalue weighted by Crippen LogP contribution is -2.06. The van der Waals surface area contributed by atoms with Gasteiger partial charge in [-0.1, -0.05) is 41.0 Å². The molecule has 0 bridgehead atoms. The molecule has 1 unspecified atom stereocenters. The van der Waals surface area contributed by atoms with E-state index in [1.807, 2.05) is 16.9 Å². The molecule has 0 saturated heterocycles. The van der Waals surface area contributed by atoms with Gasteiger partial charge in [0.25, 0.3) is 0 Å². The van der Waals surface area contributed by atoms with Gasteiger partial charge in [0.05, 0.1) is 13.7 Å². The third-order valence-electron chi connectivity index (χ3n) is 3.13. The molecular weight excluding hydrogens is 316 g/mol. The summed E-state index contributed by atoms with van der Waals surface area (Å²) in [5.74, 6) is 2.55. The minimum atomic E-state index is 0.347. The molecule has 126 valence electrons. The van der Waals surface area contributed by atoms with Crippen molar-refractivity contribution in [3.63, 3.8) is 0 Å². The zero-order valence-corrected chi connectivity index (χ0v) is 15.2. The molecule has 0 fully saturated rings. The van der Waals surface area contributed by atoms with Gasteiger partial charge in [0.15, 0.2) is 11.5 Å². The second-order valence-corrected chi connectivity index (χ2v) is 7.58. The number of rotatable bonds is 12. The first-order valence-corrected chi connectivity index (χ1v) is 10.1. The maximum absolute atomic E-state index is 5.78. The Balaban J connectivity index is 2.78. The fraction of sp³-hybridized carbons (Fsp3) is 0.625. The molecule has 0 saturated carbocycles. The largest absolute Gasteiger partial charge is 0.493 e. The van der Waals surface area contributed by atoms with Crippen LogP contribution in [0.4, 0.5) is 0 Å². The van der Waals surface area contributed by atoms with E-state index in [9.17, 15) is 0 Å². The minimum absolute atomic E-state index is 0.347. The maximum Gasteiger partial charge on any atom is 0.161 e. The van der Waals surface area contributed by atoms with Crippen LogP contribution in [0.5, 0.6) is 11.5 Å². The van der Waals surface area contributed by atoms with Crippen LogP contribution in [0.3, 0.4) is 0 Å². The van der Waals surface area contributed by atoms with Crippen LogP contribution in [0, 0.1) is 0 Å². The van der Waals surface area contributed by atoms with Gasteiger partial charge in [0.2, 0.25) is 0 Å². The lowest BCUT2D eigenvalue weighted by Gasteiger charge is -2.18. The van der Waals surface area contributed by atoms with Crippen LogP contribution in [-0.2, 0) is 0 Å². The molecule has 0 radical (unpaired) electrons. The molecule has 0 aromatic heterocycles. The molecule has 6 heteroatoms. The van der Waals surface area contributed by atoms with E-state index in [2.05, 4.69) is 19.1 Å². The van der Waals surface area contributed by atoms with E-state index in [0.29, 0.717) is 18.3 Å². The predicted molar refractivity (Wildman–Crippen MR) is 98.9 cm³/mol. The van der Waals surface area contributed by atoms with Gasteiger partial charge >= 0.3 is 0 Å². The highest BCUT2D eigenvalue weighted by molar-refractivity contribution is 8.76. The zero-order valence-electron chi connectivity index (χ0n) is 13.5. The number of hydrogen-bond acceptors (Lipinski definition) is 6. The molecule has 0 amide bonds. The highest BCUT2D eigenvalue weighted by Gasteiger charge is 2.15. The van der Waals surface area contributed by atoms with E-state index < -0.39 is 0 Å². The normalized spacial score (nSPS) is 12.2. The van der Waals surface area contributed by atoms with Crippen LogP contribution in [0.2, 0.25) is 0 Å². The van der Waals surface area contributed by atoms with Gasteiger partial charge in [-0.05, 0) is 37.1 Å². The van der Waals surface area contributed by atoms with Gasteiger partial charge in [0, 0.05) is 17.5 Å². The van der Waals surface area contributed by atoms with Gasteiger partial charge in [0.1, 0.15) is 0 Å². The van der Waals surface area contributed by atoms with Crippen LogP contribution in [-0.4, -0.2) is 32.6 Å². The minimum Gasteiger partial charge on any atom is -0.493 e. The van der Waals surface area contributed by atoms with Crippen molar-refractivity contribution in [3.8, 4) is 11.5 Å². The number of unbranched alkanes of at least 4 members (excludes halogenated alkanes) is 1. The van der Waals surface area contributed by atoms with E-state index in [0.717, 1.165) is 43.1 Å². The first kappa shape index (κ1) is 19.5. The molecule has 0 heterocycles. The Morgan fingerprint density at radius 3 is 2.64 bits per heavy atom. The average molecular weight is 345 g/mol. The molecule has 4 N–H and O–H groups in total. The topological polar surface area (TPSA) is 70.5 Å². The lowest BCUT2D eigenvalue weighted by atomic mass is 10.1. The van der Waals surface area contributed by atoms with Gasteiger partial charge in [-0.2, -0.15) is 0 Å². The van der Waals surface area contributed by atoms with Crippen LogP contribution in [0.15, 0.2) is 18.2 Å². The molecule has 22 heavy (non-hydrogen) atoms. The van der Waals surface area contributed by atoms with Gasteiger partial charge < -0.3 is 20.9 Å². The number of methoxy groups -OCH3 is 1. The van der Waals surface area contributed by atoms with E-state index in [1.54, 1.807) is 17.9 Å². The number of ether oxygens (including phenoxy) is 2. The van der Waals surface area contributed by atoms with Crippen LogP contribution in [0.25, 0.3) is 0 Å². The monoisotopic (exact) mass is 344 g/mol. The van der Waals surface area contributed by atoms with Crippen molar-refractivity contribution in [1.82, 2.24) is 0 Å². The summed E-state index contributed by atoms with van der Waals surface area (Å²) in [5, 5.41) is 0.347. The van der Waals surface area contributed by atoms with E-state index >= 15 is 0 Å². The van der Waals surface area contributed by atoms with Gasteiger partial charge in [-0.15, -0.1) is 0 Å². The second-order valence-electron chi connectivity index (χ2n) is 4.89. The second kappa shape index (κ2) is 11.9. The van der Waals surface area contributed by atoms with Crippen LogP contribution < -0.4 is 20.9 Å². The molecule has 1 aromatic carbocycles. The van der Waals surface area contributed by atoms with E-state index in [4.69, 9.17) is 20.9 Å². The van der Waals surface area contributed by atoms with Crippen LogP contribution >= 0.6 is 21.6 Å². The van der Waals surface area contributed by atoms with Gasteiger partial charge in [-0.25, -0.2) is 0 Å². The highest BCUT2D eigenvalue weighted by atomic mass is 33.1. The summed E-state index contributed by atoms with van der Waals surface area (Å²) < 4.78 is 11.3. The Morgan fingerprint density at radius 1 is 1.18 bits per heavy atom. The highest BCUT2D eigenvalue weighted by Crippen LogP contribution is 2.42. The van der Waals surface area contributed by atoms with Crippen LogP contribution in [0.1, 0.15) is 37.0 Å². The summed E-state index contributed by atoms with van der Waals surface area (Å²) in [5.41, 5.74) is 12.5. The molecule has 0 aliphatic carbocycles. The molecule has 0 aliphatic heterocycles. The SMILES string of the molecule is CCCCOc1ccc(C(CCN)SSCCN)cc1OC. The van der Waals surface area contributed by atoms with Crippen molar-refractivity contribution in [1.29, 1.82) is 0 Å².